The van der Waals surface area contributed by atoms with Crippen LogP contribution in [0.4, 0.5) is 17.6 Å². The van der Waals surface area contributed by atoms with E-state index < -0.39 is 23.6 Å². The van der Waals surface area contributed by atoms with Crippen LogP contribution in [0, 0.1) is 23.4 Å². The number of amides is 1. The van der Waals surface area contributed by atoms with Crippen molar-refractivity contribution in [2.45, 2.75) is 50.2 Å². The molecule has 38 heavy (non-hydrogen) atoms. The van der Waals surface area contributed by atoms with Gasteiger partial charge in [0, 0.05) is 44.0 Å². The Hall–Kier alpha value is -2.91. The number of carbonyl (C=O) groups is 1. The zero-order valence-corrected chi connectivity index (χ0v) is 21.4. The SMILES string of the molecule is C=CC(F)Cc1c[nH]cc1C1CCN(C(CO)C2CCN(C(=O)/C=C/c3cc(F)c(F)c(F)c3)CC2)CC1. The lowest BCUT2D eigenvalue weighted by Gasteiger charge is -2.43. The van der Waals surface area contributed by atoms with Crippen LogP contribution in [-0.2, 0) is 11.2 Å². The molecule has 2 unspecified atom stereocenters. The molecule has 4 rings (SSSR count). The molecule has 2 saturated heterocycles. The van der Waals surface area contributed by atoms with Crippen molar-refractivity contribution >= 4 is 12.0 Å². The summed E-state index contributed by atoms with van der Waals surface area (Å²) in [6, 6.07) is 1.70. The van der Waals surface area contributed by atoms with Gasteiger partial charge in [-0.15, -0.1) is 6.58 Å². The van der Waals surface area contributed by atoms with Gasteiger partial charge in [0.25, 0.3) is 0 Å². The van der Waals surface area contributed by atoms with E-state index in [1.807, 2.05) is 12.4 Å². The van der Waals surface area contributed by atoms with Crippen LogP contribution >= 0.6 is 0 Å². The molecular formula is C29H35F4N3O2. The summed E-state index contributed by atoms with van der Waals surface area (Å²) >= 11 is 0. The highest BCUT2D eigenvalue weighted by atomic mass is 19.2. The molecule has 2 atom stereocenters. The third kappa shape index (κ3) is 6.56. The van der Waals surface area contributed by atoms with E-state index in [1.165, 1.54) is 23.8 Å². The van der Waals surface area contributed by atoms with Gasteiger partial charge in [-0.05, 0) is 85.5 Å². The van der Waals surface area contributed by atoms with Crippen LogP contribution in [0.2, 0.25) is 0 Å². The third-order valence-electron chi connectivity index (χ3n) is 7.98. The fourth-order valence-corrected chi connectivity index (χ4v) is 5.81. The Morgan fingerprint density at radius 1 is 1.08 bits per heavy atom. The molecule has 1 amide bonds. The number of alkyl halides is 1. The van der Waals surface area contributed by atoms with Gasteiger partial charge in [-0.25, -0.2) is 17.6 Å². The zero-order chi connectivity index (χ0) is 27.2. The fraction of sp³-hybridized carbons (Fsp3) is 0.483. The Morgan fingerprint density at radius 2 is 1.74 bits per heavy atom. The maximum absolute atomic E-state index is 13.9. The number of piperidine rings is 2. The minimum Gasteiger partial charge on any atom is -0.395 e. The van der Waals surface area contributed by atoms with Crippen molar-refractivity contribution in [3.63, 3.8) is 0 Å². The summed E-state index contributed by atoms with van der Waals surface area (Å²) in [6.07, 6.45) is 10.3. The number of benzene rings is 1. The van der Waals surface area contributed by atoms with Gasteiger partial charge in [0.1, 0.15) is 6.17 Å². The maximum atomic E-state index is 13.9. The summed E-state index contributed by atoms with van der Waals surface area (Å²) < 4.78 is 53.8. The smallest absolute Gasteiger partial charge is 0.246 e. The number of H-pyrrole nitrogens is 1. The predicted octanol–water partition coefficient (Wildman–Crippen LogP) is 4.99. The average Bonchev–Trinajstić information content (AvgIpc) is 3.39. The molecular weight excluding hydrogens is 498 g/mol. The van der Waals surface area contributed by atoms with E-state index in [1.54, 1.807) is 4.90 Å². The van der Waals surface area contributed by atoms with E-state index in [2.05, 4.69) is 16.5 Å². The molecule has 206 valence electrons. The van der Waals surface area contributed by atoms with E-state index in [4.69, 9.17) is 0 Å². The molecule has 0 bridgehead atoms. The monoisotopic (exact) mass is 533 g/mol. The van der Waals surface area contributed by atoms with Gasteiger partial charge in [-0.2, -0.15) is 0 Å². The lowest BCUT2D eigenvalue weighted by Crippen LogP contribution is -2.50. The topological polar surface area (TPSA) is 59.6 Å². The Balaban J connectivity index is 1.28. The number of aliphatic hydroxyl groups excluding tert-OH is 1. The van der Waals surface area contributed by atoms with Gasteiger partial charge < -0.3 is 15.0 Å². The maximum Gasteiger partial charge on any atom is 0.246 e. The molecule has 1 aromatic carbocycles. The highest BCUT2D eigenvalue weighted by Gasteiger charge is 2.34. The van der Waals surface area contributed by atoms with Crippen LogP contribution in [-0.4, -0.2) is 70.8 Å². The van der Waals surface area contributed by atoms with Gasteiger partial charge in [0.2, 0.25) is 5.91 Å². The van der Waals surface area contributed by atoms with Crippen molar-refractivity contribution in [3.05, 3.63) is 77.4 Å². The molecule has 0 spiro atoms. The predicted molar refractivity (Wildman–Crippen MR) is 139 cm³/mol. The minimum atomic E-state index is -1.54. The second-order valence-corrected chi connectivity index (χ2v) is 10.2. The van der Waals surface area contributed by atoms with E-state index >= 15 is 0 Å². The quantitative estimate of drug-likeness (QED) is 0.207. The molecule has 0 aliphatic carbocycles. The Bertz CT molecular complexity index is 1110. The van der Waals surface area contributed by atoms with Crippen molar-refractivity contribution in [2.75, 3.05) is 32.8 Å². The molecule has 1 aromatic heterocycles. The number of likely N-dealkylation sites (tertiary alicyclic amines) is 2. The van der Waals surface area contributed by atoms with Gasteiger partial charge in [0.15, 0.2) is 17.5 Å². The first-order chi connectivity index (χ1) is 18.3. The number of aliphatic hydroxyl groups is 1. The second-order valence-electron chi connectivity index (χ2n) is 10.2. The second kappa shape index (κ2) is 12.8. The number of aromatic nitrogens is 1. The largest absolute Gasteiger partial charge is 0.395 e. The summed E-state index contributed by atoms with van der Waals surface area (Å²) in [6.45, 7) is 6.30. The molecule has 2 fully saturated rings. The lowest BCUT2D eigenvalue weighted by molar-refractivity contribution is -0.127. The fourth-order valence-electron chi connectivity index (χ4n) is 5.81. The first-order valence-corrected chi connectivity index (χ1v) is 13.2. The van der Waals surface area contributed by atoms with Crippen molar-refractivity contribution in [3.8, 4) is 0 Å². The number of halogens is 4. The summed E-state index contributed by atoms with van der Waals surface area (Å²) in [4.78, 5) is 19.7. The summed E-state index contributed by atoms with van der Waals surface area (Å²) in [5.41, 5.74) is 2.24. The lowest BCUT2D eigenvalue weighted by atomic mass is 9.84. The van der Waals surface area contributed by atoms with Crippen LogP contribution in [0.25, 0.3) is 6.08 Å². The standard InChI is InChI=1S/C29H35F4N3O2/c1-2-23(30)15-22-16-34-17-24(22)20-5-9-35(10-6-20)27(18-37)21-7-11-36(12-8-21)28(38)4-3-19-13-25(31)29(33)26(32)14-19/h2-4,13-14,16-17,20-21,23,27,34,37H,1,5-12,15,18H2/b4-3+. The van der Waals surface area contributed by atoms with Crippen molar-refractivity contribution in [1.29, 1.82) is 0 Å². The number of rotatable bonds is 9. The molecule has 2 aromatic rings. The van der Waals surface area contributed by atoms with Crippen LogP contribution in [0.1, 0.15) is 48.3 Å². The van der Waals surface area contributed by atoms with Gasteiger partial charge >= 0.3 is 0 Å². The van der Waals surface area contributed by atoms with E-state index in [0.717, 1.165) is 56.5 Å². The number of carbonyl (C=O) groups excluding carboxylic acids is 1. The Labute approximate surface area is 220 Å². The average molecular weight is 534 g/mol. The Morgan fingerprint density at radius 3 is 2.34 bits per heavy atom. The summed E-state index contributed by atoms with van der Waals surface area (Å²) in [5, 5.41) is 10.2. The zero-order valence-electron chi connectivity index (χ0n) is 21.4. The molecule has 0 saturated carbocycles. The number of aromatic amines is 1. The minimum absolute atomic E-state index is 0.00981. The highest BCUT2D eigenvalue weighted by molar-refractivity contribution is 5.91. The van der Waals surface area contributed by atoms with Crippen LogP contribution in [0.5, 0.6) is 0 Å². The Kier molecular flexibility index (Phi) is 9.44. The first-order valence-electron chi connectivity index (χ1n) is 13.2. The third-order valence-corrected chi connectivity index (χ3v) is 7.98. The molecule has 2 aliphatic heterocycles. The molecule has 2 N–H and O–H groups in total. The van der Waals surface area contributed by atoms with Crippen LogP contribution < -0.4 is 0 Å². The van der Waals surface area contributed by atoms with Gasteiger partial charge in [-0.1, -0.05) is 6.08 Å². The van der Waals surface area contributed by atoms with Crippen LogP contribution in [0.15, 0.2) is 43.3 Å². The number of allylic oxidation sites excluding steroid dienone is 1. The number of nitrogens with zero attached hydrogens (tertiary/aromatic N) is 2. The summed E-state index contributed by atoms with van der Waals surface area (Å²) in [7, 11) is 0. The van der Waals surface area contributed by atoms with Crippen molar-refractivity contribution in [1.82, 2.24) is 14.8 Å². The number of nitrogens with one attached hydrogen (secondary N) is 1. The molecule has 3 heterocycles. The van der Waals surface area contributed by atoms with E-state index in [9.17, 15) is 27.5 Å². The van der Waals surface area contributed by atoms with E-state index in [0.29, 0.717) is 25.4 Å². The summed E-state index contributed by atoms with van der Waals surface area (Å²) in [5.74, 6) is -3.82. The van der Waals surface area contributed by atoms with Gasteiger partial charge in [0.05, 0.1) is 6.61 Å². The van der Waals surface area contributed by atoms with Crippen LogP contribution in [0.3, 0.4) is 0 Å². The van der Waals surface area contributed by atoms with E-state index in [-0.39, 0.29) is 30.0 Å². The number of hydrogen-bond acceptors (Lipinski definition) is 3. The van der Waals surface area contributed by atoms with Gasteiger partial charge in [-0.3, -0.25) is 9.69 Å². The van der Waals surface area contributed by atoms with Crippen molar-refractivity contribution < 1.29 is 27.5 Å². The molecule has 5 nitrogen and oxygen atoms in total. The van der Waals surface area contributed by atoms with Crippen molar-refractivity contribution in [2.24, 2.45) is 5.92 Å². The molecule has 0 radical (unpaired) electrons. The highest BCUT2D eigenvalue weighted by Crippen LogP contribution is 2.34. The molecule has 2 aliphatic rings. The first kappa shape index (κ1) is 28.1. The normalized spacial score (nSPS) is 19.7. The molecule has 9 heteroatoms. The number of hydrogen-bond donors (Lipinski definition) is 2.